The summed E-state index contributed by atoms with van der Waals surface area (Å²) in [7, 11) is 0.861. The molecule has 6 N–H and O–H groups in total. The number of benzene rings is 2. The number of aliphatic hydroxyl groups excluding tert-OH is 1. The molecule has 3 fully saturated rings. The van der Waals surface area contributed by atoms with Crippen LogP contribution >= 0.6 is 0 Å². The average molecular weight is 1110 g/mol. The van der Waals surface area contributed by atoms with Crippen molar-refractivity contribution in [3.05, 3.63) is 101 Å². The highest BCUT2D eigenvalue weighted by Gasteiger charge is 2.57. The number of carbonyl (C=O) groups is 4. The number of piperazine rings is 1. The molecule has 7 rings (SSSR count). The lowest BCUT2D eigenvalue weighted by molar-refractivity contribution is -0.221. The number of ether oxygens (including phenoxy) is 2. The first-order chi connectivity index (χ1) is 36.6. The lowest BCUT2D eigenvalue weighted by Gasteiger charge is -2.47. The molecule has 3 saturated heterocycles. The molecular weight excluding hydrogens is 1040 g/mol. The average Bonchev–Trinajstić information content (AvgIpc) is 4.03. The van der Waals surface area contributed by atoms with E-state index in [1.807, 2.05) is 17.4 Å². The predicted molar refractivity (Wildman–Crippen MR) is 265 cm³/mol. The summed E-state index contributed by atoms with van der Waals surface area (Å²) in [4.78, 5) is 61.7. The lowest BCUT2D eigenvalue weighted by atomic mass is 9.82. The summed E-state index contributed by atoms with van der Waals surface area (Å²) in [6, 6.07) is 12.1. The molecule has 3 aliphatic rings. The number of aliphatic hydroxyl groups is 1. The lowest BCUT2D eigenvalue weighted by Crippen LogP contribution is -2.63. The van der Waals surface area contributed by atoms with Crippen LogP contribution in [0.3, 0.4) is 0 Å². The van der Waals surface area contributed by atoms with Gasteiger partial charge in [0.05, 0.1) is 55.0 Å². The molecule has 3 aliphatic heterocycles. The maximum absolute atomic E-state index is 14.5. The number of alkyl halides is 8. The van der Waals surface area contributed by atoms with Crippen molar-refractivity contribution >= 4 is 29.8 Å². The predicted octanol–water partition coefficient (Wildman–Crippen LogP) is 6.25. The number of alkyl carbamates (subject to hydrolysis) is 1. The van der Waals surface area contributed by atoms with E-state index >= 15 is 0 Å². The fraction of sp³-hybridized carbons (Fsp3) is 0.500. The Balaban J connectivity index is 1.15. The second kappa shape index (κ2) is 23.9. The first kappa shape index (κ1) is 58.6. The molecule has 26 heteroatoms. The molecule has 2 bridgehead atoms. The number of aromatic nitrogens is 3. The topological polar surface area (TPSA) is 216 Å². The second-order valence-electron chi connectivity index (χ2n) is 20.6. The van der Waals surface area contributed by atoms with Gasteiger partial charge in [-0.15, -0.1) is 0 Å². The Kier molecular flexibility index (Phi) is 17.9. The second-order valence-corrected chi connectivity index (χ2v) is 20.6. The molecule has 4 amide bonds. The molecule has 422 valence electrons. The van der Waals surface area contributed by atoms with Crippen LogP contribution in [0.1, 0.15) is 69.3 Å². The SMILES string of the molecule is COC(=O)N[C@H](C(=O)N[C@@H](Cc1ccc(C#Cc2ccc(N3CC4CCC(C3)N4C3COC3)nc2)cc1)[C@@H](O)CN(Cc1ccc(-c2ccn(C(F)F)n2)cc1)NC(=O)[C@@H](NC(=O)O)C(C)(C)C(F)(F)F)C(C)(C)C(F)(F)F. The quantitative estimate of drug-likeness (QED) is 0.0348. The van der Waals surface area contributed by atoms with E-state index in [4.69, 9.17) is 9.72 Å². The molecule has 18 nitrogen and oxygen atoms in total. The van der Waals surface area contributed by atoms with Gasteiger partial charge in [0.15, 0.2) is 0 Å². The standard InChI is InChI=1S/C52H60F8N10O8/c1-49(2,51(55,56)57)42(64-48(76)77-5)44(72)62-39(22-31-9-6-30(7-10-31)8-11-32-14-19-41(61-23-32)67-25-35-17-18-36(26-67)70(35)37-28-78-29-37)40(71)27-68(66-45(73)43(63-47(74)75)50(3,4)52(58,59)60)24-33-12-15-34(16-13-33)38-20-21-69(65-38)46(53)54/h6-7,9-10,12-16,19-21,23,35-37,39-40,42-43,46,63,71H,17-18,22,24-29H2,1-5H3,(H,62,72)(H,64,76)(H,66,73)(H,74,75)/t35?,36?,39-,40-,42+,43+/m0/s1. The van der Waals surface area contributed by atoms with E-state index in [0.29, 0.717) is 72.8 Å². The number of hydrazine groups is 1. The number of fused-ring (bicyclic) bond motifs is 2. The molecular formula is C52H60F8N10O8. The van der Waals surface area contributed by atoms with Crippen molar-refractivity contribution in [2.75, 3.05) is 44.9 Å². The van der Waals surface area contributed by atoms with Crippen molar-refractivity contribution in [2.24, 2.45) is 10.8 Å². The van der Waals surface area contributed by atoms with Gasteiger partial charge in [-0.25, -0.2) is 24.3 Å². The maximum Gasteiger partial charge on any atom is 0.407 e. The minimum Gasteiger partial charge on any atom is -0.465 e. The van der Waals surface area contributed by atoms with Gasteiger partial charge in [-0.3, -0.25) is 19.9 Å². The Labute approximate surface area is 443 Å². The summed E-state index contributed by atoms with van der Waals surface area (Å²) in [5.41, 5.74) is -1.49. The molecule has 0 radical (unpaired) electrons. The van der Waals surface area contributed by atoms with Crippen molar-refractivity contribution in [2.45, 2.75) is 115 Å². The third kappa shape index (κ3) is 13.8. The number of nitrogens with zero attached hydrogens (tertiary/aromatic N) is 6. The summed E-state index contributed by atoms with van der Waals surface area (Å²) in [5, 5.41) is 32.2. The van der Waals surface area contributed by atoms with Gasteiger partial charge in [0, 0.05) is 67.3 Å². The van der Waals surface area contributed by atoms with Crippen LogP contribution in [0.2, 0.25) is 0 Å². The molecule has 0 saturated carbocycles. The minimum atomic E-state index is -5.16. The highest BCUT2D eigenvalue weighted by Crippen LogP contribution is 2.42. The van der Waals surface area contributed by atoms with E-state index in [1.165, 1.54) is 30.3 Å². The van der Waals surface area contributed by atoms with Crippen LogP contribution in [0.25, 0.3) is 11.3 Å². The van der Waals surface area contributed by atoms with Gasteiger partial charge < -0.3 is 40.5 Å². The van der Waals surface area contributed by atoms with Crippen molar-refractivity contribution in [1.82, 2.24) is 46.0 Å². The smallest absolute Gasteiger partial charge is 0.407 e. The van der Waals surface area contributed by atoms with E-state index in [-0.39, 0.29) is 17.7 Å². The van der Waals surface area contributed by atoms with E-state index in [2.05, 4.69) is 42.2 Å². The third-order valence-electron chi connectivity index (χ3n) is 14.5. The number of hydrogen-bond acceptors (Lipinski definition) is 12. The van der Waals surface area contributed by atoms with Gasteiger partial charge in [0.2, 0.25) is 5.91 Å². The minimum absolute atomic E-state index is 0.140. The Hall–Kier alpha value is -7.08. The molecule has 0 spiro atoms. The Bertz CT molecular complexity index is 2790. The van der Waals surface area contributed by atoms with Gasteiger partial charge in [-0.1, -0.05) is 48.2 Å². The van der Waals surface area contributed by atoms with E-state index in [1.54, 1.807) is 35.8 Å². The fourth-order valence-electron chi connectivity index (χ4n) is 9.53. The highest BCUT2D eigenvalue weighted by molar-refractivity contribution is 5.87. The van der Waals surface area contributed by atoms with Crippen molar-refractivity contribution in [3.8, 4) is 23.1 Å². The Morgan fingerprint density at radius 1 is 0.782 bits per heavy atom. The summed E-state index contributed by atoms with van der Waals surface area (Å²) in [6.07, 6.45) is -11.0. The van der Waals surface area contributed by atoms with Gasteiger partial charge in [-0.05, 0) is 88.4 Å². The monoisotopic (exact) mass is 1100 g/mol. The Morgan fingerprint density at radius 2 is 1.36 bits per heavy atom. The zero-order chi connectivity index (χ0) is 56.9. The number of anilines is 1. The third-order valence-corrected chi connectivity index (χ3v) is 14.5. The largest absolute Gasteiger partial charge is 0.465 e. The van der Waals surface area contributed by atoms with Crippen LogP contribution in [0, 0.1) is 22.7 Å². The van der Waals surface area contributed by atoms with Crippen LogP contribution in [-0.4, -0.2) is 154 Å². The number of hydrogen-bond donors (Lipinski definition) is 6. The van der Waals surface area contributed by atoms with Crippen molar-refractivity contribution in [3.63, 3.8) is 0 Å². The molecule has 2 unspecified atom stereocenters. The van der Waals surface area contributed by atoms with Gasteiger partial charge in [-0.2, -0.15) is 40.2 Å². The molecule has 5 heterocycles. The Morgan fingerprint density at radius 3 is 1.87 bits per heavy atom. The van der Waals surface area contributed by atoms with E-state index in [0.717, 1.165) is 63.3 Å². The number of rotatable bonds is 19. The molecule has 0 aliphatic carbocycles. The van der Waals surface area contributed by atoms with E-state index < -0.39 is 91.1 Å². The van der Waals surface area contributed by atoms with Crippen LogP contribution in [0.5, 0.6) is 0 Å². The van der Waals surface area contributed by atoms with Crippen LogP contribution in [0.15, 0.2) is 79.1 Å². The van der Waals surface area contributed by atoms with Crippen LogP contribution < -0.4 is 26.3 Å². The molecule has 4 aromatic rings. The number of pyridine rings is 1. The van der Waals surface area contributed by atoms with E-state index in [9.17, 15) is 64.5 Å². The summed E-state index contributed by atoms with van der Waals surface area (Å²) >= 11 is 0. The summed E-state index contributed by atoms with van der Waals surface area (Å²) in [6.45, 7) is 1.51. The van der Waals surface area contributed by atoms with Gasteiger partial charge in [0.1, 0.15) is 17.9 Å². The van der Waals surface area contributed by atoms with Crippen molar-refractivity contribution in [1.29, 1.82) is 0 Å². The number of carbonyl (C=O) groups excluding carboxylic acids is 3. The fourth-order valence-corrected chi connectivity index (χ4v) is 9.53. The number of carboxylic acid groups (broad SMARTS) is 1. The molecule has 6 atom stereocenters. The molecule has 2 aromatic carbocycles. The van der Waals surface area contributed by atoms with Crippen LogP contribution in [0.4, 0.5) is 50.5 Å². The number of amides is 4. The first-order valence-corrected chi connectivity index (χ1v) is 24.8. The highest BCUT2D eigenvalue weighted by atomic mass is 19.4. The first-order valence-electron chi connectivity index (χ1n) is 24.8. The maximum atomic E-state index is 14.5. The molecule has 78 heavy (non-hydrogen) atoms. The van der Waals surface area contributed by atoms with Crippen LogP contribution in [-0.2, 0) is 32.0 Å². The number of nitrogens with one attached hydrogen (secondary N) is 4. The summed E-state index contributed by atoms with van der Waals surface area (Å²) < 4.78 is 124. The number of methoxy groups -OCH3 is 1. The van der Waals surface area contributed by atoms with Gasteiger partial charge >= 0.3 is 31.1 Å². The zero-order valence-corrected chi connectivity index (χ0v) is 43.0. The summed E-state index contributed by atoms with van der Waals surface area (Å²) in [5.74, 6) is 3.99. The van der Waals surface area contributed by atoms with Gasteiger partial charge in [0.25, 0.3) is 5.91 Å². The molecule has 2 aromatic heterocycles. The zero-order valence-electron chi connectivity index (χ0n) is 43.0. The number of halogens is 8. The van der Waals surface area contributed by atoms with Crippen molar-refractivity contribution < 1.29 is 74.0 Å². The normalized spacial score (nSPS) is 18.7.